The maximum Gasteiger partial charge on any atom is 0.308 e. The molecule has 1 fully saturated rings. The predicted octanol–water partition coefficient (Wildman–Crippen LogP) is -0.199. The first-order valence-electron chi connectivity index (χ1n) is 5.99. The molecule has 0 aromatic carbocycles. The molecule has 1 heterocycles. The molecule has 2 N–H and O–H groups in total. The number of rotatable bonds is 4. The molecule has 0 saturated carbocycles. The number of methoxy groups -OCH3 is 1. The van der Waals surface area contributed by atoms with Crippen LogP contribution in [0.3, 0.4) is 0 Å². The summed E-state index contributed by atoms with van der Waals surface area (Å²) in [4.78, 5) is 24.9. The Bertz CT molecular complexity index is 398. The zero-order chi connectivity index (χ0) is 14.4. The molecule has 0 aliphatic carbocycles. The van der Waals surface area contributed by atoms with E-state index in [4.69, 9.17) is 12.2 Å². The highest BCUT2D eigenvalue weighted by molar-refractivity contribution is 7.80. The fourth-order valence-electron chi connectivity index (χ4n) is 1.73. The van der Waals surface area contributed by atoms with Gasteiger partial charge in [-0.05, 0) is 19.1 Å². The summed E-state index contributed by atoms with van der Waals surface area (Å²) in [5.41, 5.74) is 0.938. The minimum absolute atomic E-state index is 0.0166. The van der Waals surface area contributed by atoms with Gasteiger partial charge in [0.05, 0.1) is 13.5 Å². The molecular weight excluding hydrogens is 266 g/mol. The van der Waals surface area contributed by atoms with Crippen molar-refractivity contribution in [3.63, 3.8) is 0 Å². The van der Waals surface area contributed by atoms with E-state index in [1.54, 1.807) is 4.90 Å². The number of ether oxygens (including phenoxy) is 1. The van der Waals surface area contributed by atoms with Crippen molar-refractivity contribution in [3.05, 3.63) is 12.2 Å². The van der Waals surface area contributed by atoms with E-state index in [9.17, 15) is 9.59 Å². The Morgan fingerprint density at radius 3 is 2.95 bits per heavy atom. The Labute approximate surface area is 118 Å². The minimum atomic E-state index is -0.619. The SMILES string of the molecule is C=C(C)CNC(=S)N1CCNC(=O)[C@H]1CC(=O)OC. The number of amides is 1. The van der Waals surface area contributed by atoms with Crippen LogP contribution in [0.2, 0.25) is 0 Å². The van der Waals surface area contributed by atoms with E-state index in [1.165, 1.54) is 7.11 Å². The third kappa shape index (κ3) is 4.51. The Morgan fingerprint density at radius 1 is 1.68 bits per heavy atom. The van der Waals surface area contributed by atoms with Crippen molar-refractivity contribution in [3.8, 4) is 0 Å². The lowest BCUT2D eigenvalue weighted by Crippen LogP contribution is -2.60. The van der Waals surface area contributed by atoms with Gasteiger partial charge in [-0.15, -0.1) is 0 Å². The van der Waals surface area contributed by atoms with Crippen molar-refractivity contribution < 1.29 is 14.3 Å². The summed E-state index contributed by atoms with van der Waals surface area (Å²) in [6, 6.07) is -0.619. The summed E-state index contributed by atoms with van der Waals surface area (Å²) >= 11 is 5.25. The smallest absolute Gasteiger partial charge is 0.308 e. The molecule has 0 unspecified atom stereocenters. The largest absolute Gasteiger partial charge is 0.469 e. The van der Waals surface area contributed by atoms with Crippen molar-refractivity contribution in [2.24, 2.45) is 0 Å². The fourth-order valence-corrected chi connectivity index (χ4v) is 2.02. The van der Waals surface area contributed by atoms with Gasteiger partial charge in [-0.25, -0.2) is 0 Å². The predicted molar refractivity (Wildman–Crippen MR) is 75.6 cm³/mol. The molecule has 0 aromatic rings. The van der Waals surface area contributed by atoms with Crippen LogP contribution < -0.4 is 10.6 Å². The number of nitrogens with one attached hydrogen (secondary N) is 2. The lowest BCUT2D eigenvalue weighted by molar-refractivity contribution is -0.144. The molecule has 1 rings (SSSR count). The number of hydrogen-bond acceptors (Lipinski definition) is 4. The Morgan fingerprint density at radius 2 is 2.37 bits per heavy atom. The number of carbonyl (C=O) groups is 2. The summed E-state index contributed by atoms with van der Waals surface area (Å²) in [6.45, 7) is 7.27. The van der Waals surface area contributed by atoms with Gasteiger partial charge >= 0.3 is 5.97 Å². The second-order valence-corrected chi connectivity index (χ2v) is 4.78. The standard InChI is InChI=1S/C12H19N3O3S/c1-8(2)7-14-12(19)15-5-4-13-11(17)9(15)6-10(16)18-3/h9H,1,4-7H2,2-3H3,(H,13,17)(H,14,19)/t9-/m1/s1. The second kappa shape index (κ2) is 7.08. The molecule has 19 heavy (non-hydrogen) atoms. The number of carbonyl (C=O) groups excluding carboxylic acids is 2. The highest BCUT2D eigenvalue weighted by atomic mass is 32.1. The van der Waals surface area contributed by atoms with Gasteiger partial charge in [0.15, 0.2) is 5.11 Å². The van der Waals surface area contributed by atoms with E-state index in [-0.39, 0.29) is 12.3 Å². The van der Waals surface area contributed by atoms with Crippen molar-refractivity contribution in [2.75, 3.05) is 26.7 Å². The van der Waals surface area contributed by atoms with Crippen LogP contribution >= 0.6 is 12.2 Å². The summed E-state index contributed by atoms with van der Waals surface area (Å²) in [5.74, 6) is -0.647. The Kier molecular flexibility index (Phi) is 5.75. The molecule has 0 radical (unpaired) electrons. The third-order valence-electron chi connectivity index (χ3n) is 2.72. The number of nitrogens with zero attached hydrogens (tertiary/aromatic N) is 1. The van der Waals surface area contributed by atoms with E-state index in [0.717, 1.165) is 5.57 Å². The van der Waals surface area contributed by atoms with E-state index in [0.29, 0.717) is 24.7 Å². The third-order valence-corrected chi connectivity index (χ3v) is 3.10. The van der Waals surface area contributed by atoms with E-state index in [1.807, 2.05) is 6.92 Å². The molecule has 1 saturated heterocycles. The van der Waals surface area contributed by atoms with Gasteiger partial charge in [-0.1, -0.05) is 12.2 Å². The van der Waals surface area contributed by atoms with Crippen LogP contribution in [0.1, 0.15) is 13.3 Å². The highest BCUT2D eigenvalue weighted by Crippen LogP contribution is 2.10. The van der Waals surface area contributed by atoms with Crippen LogP contribution in [-0.2, 0) is 14.3 Å². The van der Waals surface area contributed by atoms with Crippen molar-refractivity contribution in [2.45, 2.75) is 19.4 Å². The minimum Gasteiger partial charge on any atom is -0.469 e. The van der Waals surface area contributed by atoms with Crippen LogP contribution in [0.25, 0.3) is 0 Å². The molecule has 0 spiro atoms. The Balaban J connectivity index is 2.70. The fraction of sp³-hybridized carbons (Fsp3) is 0.583. The zero-order valence-corrected chi connectivity index (χ0v) is 12.0. The van der Waals surface area contributed by atoms with Crippen LogP contribution in [0.15, 0.2) is 12.2 Å². The first-order valence-corrected chi connectivity index (χ1v) is 6.40. The molecule has 7 heteroatoms. The van der Waals surface area contributed by atoms with Crippen LogP contribution in [-0.4, -0.2) is 54.7 Å². The van der Waals surface area contributed by atoms with Crippen LogP contribution in [0, 0.1) is 0 Å². The Hall–Kier alpha value is -1.63. The van der Waals surface area contributed by atoms with Crippen molar-refractivity contribution >= 4 is 29.2 Å². The molecule has 1 aliphatic rings. The van der Waals surface area contributed by atoms with Crippen LogP contribution in [0.5, 0.6) is 0 Å². The van der Waals surface area contributed by atoms with Gasteiger partial charge in [0.1, 0.15) is 6.04 Å². The van der Waals surface area contributed by atoms with Gasteiger partial charge in [0.2, 0.25) is 5.91 Å². The number of hydrogen-bond donors (Lipinski definition) is 2. The topological polar surface area (TPSA) is 70.7 Å². The quantitative estimate of drug-likeness (QED) is 0.423. The maximum absolute atomic E-state index is 11.8. The molecule has 1 atom stereocenters. The summed E-state index contributed by atoms with van der Waals surface area (Å²) < 4.78 is 4.60. The van der Waals surface area contributed by atoms with Gasteiger partial charge in [0, 0.05) is 19.6 Å². The highest BCUT2D eigenvalue weighted by Gasteiger charge is 2.33. The molecule has 6 nitrogen and oxygen atoms in total. The average molecular weight is 285 g/mol. The number of thiocarbonyl (C=S) groups is 1. The molecular formula is C12H19N3O3S. The summed E-state index contributed by atoms with van der Waals surface area (Å²) in [7, 11) is 1.30. The van der Waals surface area contributed by atoms with E-state index < -0.39 is 12.0 Å². The van der Waals surface area contributed by atoms with E-state index in [2.05, 4.69) is 21.9 Å². The maximum atomic E-state index is 11.8. The lowest BCUT2D eigenvalue weighted by Gasteiger charge is -2.36. The lowest BCUT2D eigenvalue weighted by atomic mass is 10.1. The van der Waals surface area contributed by atoms with Gasteiger partial charge < -0.3 is 20.3 Å². The molecule has 106 valence electrons. The van der Waals surface area contributed by atoms with Gasteiger partial charge in [-0.2, -0.15) is 0 Å². The number of esters is 1. The van der Waals surface area contributed by atoms with Crippen molar-refractivity contribution in [1.82, 2.24) is 15.5 Å². The second-order valence-electron chi connectivity index (χ2n) is 4.40. The molecule has 0 aromatic heterocycles. The van der Waals surface area contributed by atoms with Gasteiger partial charge in [0.25, 0.3) is 0 Å². The normalized spacial score (nSPS) is 18.5. The molecule has 1 aliphatic heterocycles. The van der Waals surface area contributed by atoms with Gasteiger partial charge in [-0.3, -0.25) is 9.59 Å². The number of piperazine rings is 1. The zero-order valence-electron chi connectivity index (χ0n) is 11.2. The monoisotopic (exact) mass is 285 g/mol. The molecule has 1 amide bonds. The molecule has 0 bridgehead atoms. The first-order chi connectivity index (χ1) is 8.95. The first kappa shape index (κ1) is 15.4. The van der Waals surface area contributed by atoms with Crippen molar-refractivity contribution in [1.29, 1.82) is 0 Å². The van der Waals surface area contributed by atoms with Crippen LogP contribution in [0.4, 0.5) is 0 Å². The average Bonchev–Trinajstić information content (AvgIpc) is 2.38. The summed E-state index contributed by atoms with van der Waals surface area (Å²) in [5, 5.41) is 6.19. The van der Waals surface area contributed by atoms with E-state index >= 15 is 0 Å². The summed E-state index contributed by atoms with van der Waals surface area (Å²) in [6.07, 6.45) is -0.0166.